The number of hydrogen-bond acceptors (Lipinski definition) is 6. The number of rotatable bonds is 11. The van der Waals surface area contributed by atoms with Crippen molar-refractivity contribution < 1.29 is 13.6 Å². The van der Waals surface area contributed by atoms with Crippen molar-refractivity contribution in [1.82, 2.24) is 0 Å². The number of anilines is 9. The molecule has 0 fully saturated rings. The molecule has 13 aromatic carbocycles. The minimum Gasteiger partial charge on any atom is -0.456 e. The molecule has 16 rings (SSSR count). The van der Waals surface area contributed by atoms with Crippen molar-refractivity contribution in [3.05, 3.63) is 309 Å². The van der Waals surface area contributed by atoms with Crippen molar-refractivity contribution >= 4 is 95.1 Å². The first kappa shape index (κ1) is 48.6. The number of fused-ring (bicyclic) bond motifs is 8. The maximum atomic E-state index is 6.66. The van der Waals surface area contributed by atoms with Crippen molar-refractivity contribution in [3.8, 4) is 56.0 Å². The summed E-state index contributed by atoms with van der Waals surface area (Å²) < 4.78 is 19.2. The quantitative estimate of drug-likeness (QED) is 0.129. The molecule has 0 atom stereocenters. The molecular formula is C78H51N3O3. The Morgan fingerprint density at radius 3 is 0.964 bits per heavy atom. The maximum Gasteiger partial charge on any atom is 0.151 e. The molecular weight excluding hydrogens is 1030 g/mol. The topological polar surface area (TPSA) is 45.2 Å². The minimum absolute atomic E-state index is 0.777. The fourth-order valence-corrected chi connectivity index (χ4v) is 12.1. The molecule has 3 heterocycles. The van der Waals surface area contributed by atoms with Crippen LogP contribution >= 0.6 is 0 Å². The Kier molecular flexibility index (Phi) is 11.8. The number of para-hydroxylation sites is 6. The first-order valence-corrected chi connectivity index (χ1v) is 28.4. The third kappa shape index (κ3) is 8.69. The zero-order valence-electron chi connectivity index (χ0n) is 45.5. The number of ether oxygens (including phenoxy) is 1. The Balaban J connectivity index is 0.896. The lowest BCUT2D eigenvalue weighted by Crippen LogP contribution is -2.18. The highest BCUT2D eigenvalue weighted by molar-refractivity contribution is 6.07. The average molecular weight is 1080 g/mol. The molecule has 15 aromatic rings. The van der Waals surface area contributed by atoms with E-state index in [2.05, 4.69) is 276 Å². The van der Waals surface area contributed by atoms with Crippen LogP contribution in [0.15, 0.2) is 318 Å². The second-order valence-electron chi connectivity index (χ2n) is 21.3. The Morgan fingerprint density at radius 2 is 0.548 bits per heavy atom. The maximum absolute atomic E-state index is 6.66. The molecule has 0 saturated carbocycles. The van der Waals surface area contributed by atoms with Gasteiger partial charge in [-0.25, -0.2) is 0 Å². The summed E-state index contributed by atoms with van der Waals surface area (Å²) in [4.78, 5) is 7.10. The van der Waals surface area contributed by atoms with Gasteiger partial charge >= 0.3 is 0 Å². The third-order valence-electron chi connectivity index (χ3n) is 16.2. The summed E-state index contributed by atoms with van der Waals surface area (Å²) in [7, 11) is 0. The number of furan rings is 2. The normalized spacial score (nSPS) is 11.9. The van der Waals surface area contributed by atoms with E-state index in [4.69, 9.17) is 13.6 Å². The van der Waals surface area contributed by atoms with Crippen LogP contribution < -0.4 is 19.4 Å². The SMILES string of the molecule is c1ccc(-c2ccc(N(c3ccc(-c4ccc5oc6ccccc6c5c4)cc3)c3cc(N(c4ccc(-c5ccccc5)cc4)c4ccc(-c5ccc6oc7ccccc7c6c5)cc4)cc(N4c5ccccc5Oc5ccccc54)c3)cc2)cc1. The minimum atomic E-state index is 0.777. The van der Waals surface area contributed by atoms with Gasteiger partial charge in [0, 0.05) is 44.3 Å². The van der Waals surface area contributed by atoms with Gasteiger partial charge in [-0.1, -0.05) is 182 Å². The molecule has 0 N–H and O–H groups in total. The Labute approximate surface area is 486 Å². The molecule has 1 aliphatic heterocycles. The summed E-state index contributed by atoms with van der Waals surface area (Å²) in [6.45, 7) is 0. The van der Waals surface area contributed by atoms with E-state index in [0.717, 1.165) is 151 Å². The van der Waals surface area contributed by atoms with Crippen LogP contribution in [0.3, 0.4) is 0 Å². The van der Waals surface area contributed by atoms with Gasteiger partial charge in [0.05, 0.1) is 28.4 Å². The van der Waals surface area contributed by atoms with E-state index < -0.39 is 0 Å². The van der Waals surface area contributed by atoms with Crippen LogP contribution in [0.2, 0.25) is 0 Å². The van der Waals surface area contributed by atoms with E-state index in [-0.39, 0.29) is 0 Å². The van der Waals surface area contributed by atoms with Crippen LogP contribution in [-0.2, 0) is 0 Å². The van der Waals surface area contributed by atoms with E-state index >= 15 is 0 Å². The second-order valence-corrected chi connectivity index (χ2v) is 21.3. The number of nitrogens with zero attached hydrogens (tertiary/aromatic N) is 3. The Bertz CT molecular complexity index is 4610. The van der Waals surface area contributed by atoms with Gasteiger partial charge in [0.15, 0.2) is 11.5 Å². The molecule has 396 valence electrons. The lowest BCUT2D eigenvalue weighted by Gasteiger charge is -2.35. The van der Waals surface area contributed by atoms with Crippen LogP contribution in [0.25, 0.3) is 88.4 Å². The monoisotopic (exact) mass is 1080 g/mol. The summed E-state index contributed by atoms with van der Waals surface area (Å²) in [6, 6.07) is 110. The number of hydrogen-bond donors (Lipinski definition) is 0. The highest BCUT2D eigenvalue weighted by atomic mass is 16.5. The molecule has 84 heavy (non-hydrogen) atoms. The fraction of sp³-hybridized carbons (Fsp3) is 0. The van der Waals surface area contributed by atoms with Crippen LogP contribution in [0.1, 0.15) is 0 Å². The smallest absolute Gasteiger partial charge is 0.151 e. The fourth-order valence-electron chi connectivity index (χ4n) is 12.1. The van der Waals surface area contributed by atoms with Gasteiger partial charge in [0.25, 0.3) is 0 Å². The Hall–Kier alpha value is -11.3. The molecule has 6 heteroatoms. The average Bonchev–Trinajstić information content (AvgIpc) is 4.29. The molecule has 6 nitrogen and oxygen atoms in total. The van der Waals surface area contributed by atoms with E-state index in [1.54, 1.807) is 0 Å². The molecule has 0 spiro atoms. The zero-order chi connectivity index (χ0) is 55.5. The highest BCUT2D eigenvalue weighted by Gasteiger charge is 2.28. The van der Waals surface area contributed by atoms with Crippen LogP contribution in [-0.4, -0.2) is 0 Å². The number of benzene rings is 13. The van der Waals surface area contributed by atoms with Crippen molar-refractivity contribution in [2.75, 3.05) is 14.7 Å². The molecule has 0 unspecified atom stereocenters. The lowest BCUT2D eigenvalue weighted by atomic mass is 10.0. The molecule has 0 saturated heterocycles. The van der Waals surface area contributed by atoms with E-state index in [9.17, 15) is 0 Å². The molecule has 0 bridgehead atoms. The van der Waals surface area contributed by atoms with Gasteiger partial charge in [-0.05, 0) is 172 Å². The van der Waals surface area contributed by atoms with Gasteiger partial charge in [-0.15, -0.1) is 0 Å². The molecule has 0 amide bonds. The molecule has 0 aliphatic carbocycles. The summed E-state index contributed by atoms with van der Waals surface area (Å²) in [6.07, 6.45) is 0. The molecule has 0 radical (unpaired) electrons. The predicted molar refractivity (Wildman–Crippen MR) is 347 cm³/mol. The van der Waals surface area contributed by atoms with E-state index in [1.807, 2.05) is 48.5 Å². The van der Waals surface area contributed by atoms with Gasteiger partial charge in [-0.2, -0.15) is 0 Å². The van der Waals surface area contributed by atoms with E-state index in [0.29, 0.717) is 0 Å². The van der Waals surface area contributed by atoms with Crippen molar-refractivity contribution in [2.45, 2.75) is 0 Å². The zero-order valence-corrected chi connectivity index (χ0v) is 45.5. The van der Waals surface area contributed by atoms with Gasteiger partial charge < -0.3 is 28.3 Å². The molecule has 1 aliphatic rings. The van der Waals surface area contributed by atoms with Gasteiger partial charge in [0.1, 0.15) is 22.3 Å². The largest absolute Gasteiger partial charge is 0.456 e. The second kappa shape index (κ2) is 20.3. The van der Waals surface area contributed by atoms with Crippen molar-refractivity contribution in [1.29, 1.82) is 0 Å². The summed E-state index contributed by atoms with van der Waals surface area (Å²) in [5.74, 6) is 1.55. The standard InChI is InChI=1S/C78H51N3O3/c1-3-15-52(16-4-1)54-27-37-60(38-28-54)79(62-41-31-56(32-42-62)58-35-45-75-69(47-58)67-19-7-11-23-73(67)82-75)64-49-65(51-66(50-64)81-71-21-9-13-25-77(71)84-78-26-14-10-22-72(78)81)80(61-39-29-55(30-40-61)53-17-5-2-6-18-53)63-43-33-57(34-44-63)59-36-46-76-70(48-59)68-20-8-12-24-74(68)83-76/h1-51H. The van der Waals surface area contributed by atoms with Gasteiger partial charge in [0.2, 0.25) is 0 Å². The van der Waals surface area contributed by atoms with Crippen LogP contribution in [0, 0.1) is 0 Å². The highest BCUT2D eigenvalue weighted by Crippen LogP contribution is 2.53. The van der Waals surface area contributed by atoms with Crippen LogP contribution in [0.5, 0.6) is 11.5 Å². The summed E-state index contributed by atoms with van der Waals surface area (Å²) in [5, 5.41) is 4.41. The van der Waals surface area contributed by atoms with Crippen molar-refractivity contribution in [2.24, 2.45) is 0 Å². The third-order valence-corrected chi connectivity index (χ3v) is 16.2. The summed E-state index contributed by atoms with van der Waals surface area (Å²) >= 11 is 0. The first-order valence-electron chi connectivity index (χ1n) is 28.4. The van der Waals surface area contributed by atoms with Crippen LogP contribution in [0.4, 0.5) is 51.2 Å². The Morgan fingerprint density at radius 1 is 0.226 bits per heavy atom. The van der Waals surface area contributed by atoms with Crippen molar-refractivity contribution in [3.63, 3.8) is 0 Å². The van der Waals surface area contributed by atoms with Gasteiger partial charge in [-0.3, -0.25) is 0 Å². The molecule has 2 aromatic heterocycles. The van der Waals surface area contributed by atoms with E-state index in [1.165, 1.54) is 0 Å². The lowest BCUT2D eigenvalue weighted by molar-refractivity contribution is 0.477. The summed E-state index contributed by atoms with van der Waals surface area (Å²) in [5.41, 5.74) is 21.3. The first-order chi connectivity index (χ1) is 41.6. The predicted octanol–water partition coefficient (Wildman–Crippen LogP) is 22.7.